The SMILES string of the molecule is CCCCn1nc(C)c(/C=C/C(=O)Nc2ccn(Cc3ccccn3)n2)c1Cl. The van der Waals surface area contributed by atoms with Crippen LogP contribution < -0.4 is 5.32 Å². The third-order valence-corrected chi connectivity index (χ3v) is 4.58. The highest BCUT2D eigenvalue weighted by Crippen LogP contribution is 2.21. The van der Waals surface area contributed by atoms with E-state index in [0.29, 0.717) is 17.5 Å². The molecular weight excluding hydrogens is 376 g/mol. The summed E-state index contributed by atoms with van der Waals surface area (Å²) >= 11 is 6.39. The van der Waals surface area contributed by atoms with E-state index in [2.05, 4.69) is 27.4 Å². The average Bonchev–Trinajstić information content (AvgIpc) is 3.23. The number of halogens is 1. The molecule has 0 aromatic carbocycles. The van der Waals surface area contributed by atoms with E-state index in [1.807, 2.05) is 25.1 Å². The molecule has 3 aromatic heterocycles. The van der Waals surface area contributed by atoms with Crippen molar-refractivity contribution in [2.24, 2.45) is 0 Å². The van der Waals surface area contributed by atoms with Gasteiger partial charge >= 0.3 is 0 Å². The van der Waals surface area contributed by atoms with Gasteiger partial charge in [-0.3, -0.25) is 19.1 Å². The number of nitrogens with one attached hydrogen (secondary N) is 1. The molecular formula is C20H23ClN6O. The number of amides is 1. The van der Waals surface area contributed by atoms with E-state index in [-0.39, 0.29) is 5.91 Å². The second-order valence-electron chi connectivity index (χ2n) is 6.41. The van der Waals surface area contributed by atoms with Crippen molar-refractivity contribution < 1.29 is 4.79 Å². The van der Waals surface area contributed by atoms with E-state index in [1.54, 1.807) is 33.9 Å². The minimum absolute atomic E-state index is 0.278. The summed E-state index contributed by atoms with van der Waals surface area (Å²) in [6, 6.07) is 7.47. The van der Waals surface area contributed by atoms with E-state index in [1.165, 1.54) is 6.08 Å². The van der Waals surface area contributed by atoms with Crippen LogP contribution >= 0.6 is 11.6 Å². The molecule has 0 radical (unpaired) electrons. The predicted octanol–water partition coefficient (Wildman–Crippen LogP) is 3.94. The van der Waals surface area contributed by atoms with E-state index < -0.39 is 0 Å². The normalized spacial score (nSPS) is 11.2. The molecule has 146 valence electrons. The van der Waals surface area contributed by atoms with Gasteiger partial charge in [-0.25, -0.2) is 0 Å². The molecule has 7 nitrogen and oxygen atoms in total. The molecule has 0 aliphatic carbocycles. The lowest BCUT2D eigenvalue weighted by Gasteiger charge is -2.01. The molecule has 1 N–H and O–H groups in total. The van der Waals surface area contributed by atoms with Gasteiger partial charge in [0.25, 0.3) is 0 Å². The number of unbranched alkanes of at least 4 members (excludes halogenated alkanes) is 1. The molecule has 1 amide bonds. The zero-order chi connectivity index (χ0) is 19.9. The third-order valence-electron chi connectivity index (χ3n) is 4.18. The maximum absolute atomic E-state index is 12.2. The van der Waals surface area contributed by atoms with Gasteiger partial charge in [0.05, 0.1) is 17.9 Å². The van der Waals surface area contributed by atoms with Crippen LogP contribution in [0.25, 0.3) is 6.08 Å². The Kier molecular flexibility index (Phi) is 6.60. The molecule has 0 unspecified atom stereocenters. The first-order chi connectivity index (χ1) is 13.6. The van der Waals surface area contributed by atoms with Gasteiger partial charge in [0, 0.05) is 36.6 Å². The second-order valence-corrected chi connectivity index (χ2v) is 6.77. The monoisotopic (exact) mass is 398 g/mol. The maximum Gasteiger partial charge on any atom is 0.249 e. The van der Waals surface area contributed by atoms with Crippen LogP contribution in [0.4, 0.5) is 5.82 Å². The number of pyridine rings is 1. The van der Waals surface area contributed by atoms with Gasteiger partial charge in [0.15, 0.2) is 5.82 Å². The van der Waals surface area contributed by atoms with Crippen LogP contribution in [0.1, 0.15) is 36.7 Å². The molecule has 0 bridgehead atoms. The number of aromatic nitrogens is 5. The van der Waals surface area contributed by atoms with Crippen molar-refractivity contribution >= 4 is 29.4 Å². The predicted molar refractivity (Wildman–Crippen MR) is 110 cm³/mol. The fraction of sp³-hybridized carbons (Fsp3) is 0.300. The number of aryl methyl sites for hydroxylation is 2. The van der Waals surface area contributed by atoms with Gasteiger partial charge in [-0.1, -0.05) is 31.0 Å². The Hall–Kier alpha value is -2.93. The number of carbonyl (C=O) groups excluding carboxylic acids is 1. The summed E-state index contributed by atoms with van der Waals surface area (Å²) in [6.45, 7) is 5.31. The lowest BCUT2D eigenvalue weighted by atomic mass is 10.2. The molecule has 0 saturated carbocycles. The molecule has 0 spiro atoms. The molecule has 0 saturated heterocycles. The van der Waals surface area contributed by atoms with Crippen molar-refractivity contribution in [3.05, 3.63) is 64.8 Å². The van der Waals surface area contributed by atoms with Crippen molar-refractivity contribution in [1.82, 2.24) is 24.5 Å². The first kappa shape index (κ1) is 19.8. The fourth-order valence-electron chi connectivity index (χ4n) is 2.71. The summed E-state index contributed by atoms with van der Waals surface area (Å²) in [7, 11) is 0. The van der Waals surface area contributed by atoms with Gasteiger partial charge in [0.2, 0.25) is 5.91 Å². The first-order valence-electron chi connectivity index (χ1n) is 9.22. The number of carbonyl (C=O) groups is 1. The fourth-order valence-corrected chi connectivity index (χ4v) is 3.04. The smallest absolute Gasteiger partial charge is 0.249 e. The highest BCUT2D eigenvalue weighted by molar-refractivity contribution is 6.31. The van der Waals surface area contributed by atoms with Crippen LogP contribution in [-0.4, -0.2) is 30.5 Å². The van der Waals surface area contributed by atoms with Gasteiger partial charge in [-0.05, 0) is 31.6 Å². The van der Waals surface area contributed by atoms with Crippen molar-refractivity contribution in [2.45, 2.75) is 39.8 Å². The van der Waals surface area contributed by atoms with E-state index in [0.717, 1.165) is 36.3 Å². The second kappa shape index (κ2) is 9.32. The quantitative estimate of drug-likeness (QED) is 0.583. The Morgan fingerprint density at radius 3 is 2.89 bits per heavy atom. The zero-order valence-corrected chi connectivity index (χ0v) is 16.7. The Morgan fingerprint density at radius 2 is 2.14 bits per heavy atom. The lowest BCUT2D eigenvalue weighted by molar-refractivity contribution is -0.111. The van der Waals surface area contributed by atoms with Gasteiger partial charge in [0.1, 0.15) is 5.15 Å². The van der Waals surface area contributed by atoms with Crippen LogP contribution in [0.2, 0.25) is 5.15 Å². The highest BCUT2D eigenvalue weighted by Gasteiger charge is 2.11. The summed E-state index contributed by atoms with van der Waals surface area (Å²) in [5.74, 6) is 0.201. The largest absolute Gasteiger partial charge is 0.306 e. The summed E-state index contributed by atoms with van der Waals surface area (Å²) in [6.07, 6.45) is 8.74. The minimum atomic E-state index is -0.278. The van der Waals surface area contributed by atoms with Crippen LogP contribution in [-0.2, 0) is 17.9 Å². The van der Waals surface area contributed by atoms with Crippen LogP contribution in [0.15, 0.2) is 42.7 Å². The van der Waals surface area contributed by atoms with E-state index in [9.17, 15) is 4.79 Å². The van der Waals surface area contributed by atoms with Crippen molar-refractivity contribution in [2.75, 3.05) is 5.32 Å². The first-order valence-corrected chi connectivity index (χ1v) is 9.60. The Balaban J connectivity index is 1.61. The zero-order valence-electron chi connectivity index (χ0n) is 16.0. The highest BCUT2D eigenvalue weighted by atomic mass is 35.5. The number of hydrogen-bond acceptors (Lipinski definition) is 4. The number of anilines is 1. The van der Waals surface area contributed by atoms with Crippen molar-refractivity contribution in [1.29, 1.82) is 0 Å². The number of hydrogen-bond donors (Lipinski definition) is 1. The topological polar surface area (TPSA) is 77.6 Å². The maximum atomic E-state index is 12.2. The molecule has 3 rings (SSSR count). The third kappa shape index (κ3) is 5.07. The van der Waals surface area contributed by atoms with E-state index >= 15 is 0 Å². The molecule has 3 heterocycles. The molecule has 0 aliphatic heterocycles. The van der Waals surface area contributed by atoms with Gasteiger partial charge in [-0.15, -0.1) is 0 Å². The summed E-state index contributed by atoms with van der Waals surface area (Å²) in [4.78, 5) is 16.5. The standard InChI is InChI=1S/C20H23ClN6O/c1-3-4-12-27-20(21)17(15(2)24-27)8-9-19(28)23-18-10-13-26(25-18)14-16-7-5-6-11-22-16/h5-11,13H,3-4,12,14H2,1-2H3,(H,23,25,28)/b9-8+. The van der Waals surface area contributed by atoms with Crippen molar-refractivity contribution in [3.8, 4) is 0 Å². The Labute approximate surface area is 169 Å². The van der Waals surface area contributed by atoms with Crippen LogP contribution in [0, 0.1) is 6.92 Å². The number of nitrogens with zero attached hydrogens (tertiary/aromatic N) is 5. The van der Waals surface area contributed by atoms with E-state index in [4.69, 9.17) is 11.6 Å². The summed E-state index contributed by atoms with van der Waals surface area (Å²) < 4.78 is 3.50. The Bertz CT molecular complexity index is 960. The number of rotatable bonds is 8. The average molecular weight is 399 g/mol. The molecule has 0 atom stereocenters. The van der Waals surface area contributed by atoms with Crippen LogP contribution in [0.5, 0.6) is 0 Å². The lowest BCUT2D eigenvalue weighted by Crippen LogP contribution is -2.09. The van der Waals surface area contributed by atoms with Crippen molar-refractivity contribution in [3.63, 3.8) is 0 Å². The minimum Gasteiger partial charge on any atom is -0.306 e. The van der Waals surface area contributed by atoms with Crippen LogP contribution in [0.3, 0.4) is 0 Å². The molecule has 3 aromatic rings. The molecule has 8 heteroatoms. The van der Waals surface area contributed by atoms with Gasteiger partial charge in [-0.2, -0.15) is 10.2 Å². The molecule has 0 aliphatic rings. The summed E-state index contributed by atoms with van der Waals surface area (Å²) in [5, 5.41) is 12.1. The van der Waals surface area contributed by atoms with Gasteiger partial charge < -0.3 is 5.32 Å². The molecule has 0 fully saturated rings. The summed E-state index contributed by atoms with van der Waals surface area (Å²) in [5.41, 5.74) is 2.45. The molecule has 28 heavy (non-hydrogen) atoms. The Morgan fingerprint density at radius 1 is 1.29 bits per heavy atom.